The van der Waals surface area contributed by atoms with Crippen molar-refractivity contribution in [3.8, 4) is 0 Å². The molecule has 2 nitrogen and oxygen atoms in total. The highest BCUT2D eigenvalue weighted by atomic mass is 35.5. The minimum atomic E-state index is -0.0268. The van der Waals surface area contributed by atoms with E-state index in [0.29, 0.717) is 5.88 Å². The van der Waals surface area contributed by atoms with Gasteiger partial charge in [0.25, 0.3) is 0 Å². The Morgan fingerprint density at radius 3 is 2.19 bits per heavy atom. The summed E-state index contributed by atoms with van der Waals surface area (Å²) in [7, 11) is 0. The van der Waals surface area contributed by atoms with Gasteiger partial charge in [0.1, 0.15) is 0 Å². The first-order valence-electron chi connectivity index (χ1n) is 6.64. The average Bonchev–Trinajstić information content (AvgIpc) is 2.97. The van der Waals surface area contributed by atoms with Gasteiger partial charge < -0.3 is 5.32 Å². The van der Waals surface area contributed by atoms with Crippen LogP contribution in [0.3, 0.4) is 0 Å². The van der Waals surface area contributed by atoms with Crippen molar-refractivity contribution in [2.75, 3.05) is 5.88 Å². The van der Waals surface area contributed by atoms with Crippen LogP contribution in [0.15, 0.2) is 0 Å². The molecule has 0 spiro atoms. The van der Waals surface area contributed by atoms with Crippen LogP contribution in [0.4, 0.5) is 0 Å². The van der Waals surface area contributed by atoms with Crippen molar-refractivity contribution < 1.29 is 4.79 Å². The van der Waals surface area contributed by atoms with E-state index in [0.717, 1.165) is 25.7 Å². The van der Waals surface area contributed by atoms with E-state index in [1.807, 2.05) is 0 Å². The van der Waals surface area contributed by atoms with Gasteiger partial charge in [0, 0.05) is 11.8 Å². The Balaban J connectivity index is 1.82. The molecule has 2 fully saturated rings. The maximum absolute atomic E-state index is 12.1. The lowest BCUT2D eigenvalue weighted by atomic mass is 9.90. The van der Waals surface area contributed by atoms with E-state index in [4.69, 9.17) is 11.6 Å². The minimum absolute atomic E-state index is 0.0268. The number of carbonyl (C=O) groups excluding carboxylic acids is 1. The van der Waals surface area contributed by atoms with Crippen molar-refractivity contribution in [3.63, 3.8) is 0 Å². The molecule has 92 valence electrons. The fraction of sp³-hybridized carbons (Fsp3) is 0.923. The molecule has 3 heteroatoms. The lowest BCUT2D eigenvalue weighted by molar-refractivity contribution is -0.126. The summed E-state index contributed by atoms with van der Waals surface area (Å²) in [5, 5.41) is 3.16. The van der Waals surface area contributed by atoms with Gasteiger partial charge in [-0.1, -0.05) is 32.1 Å². The molecule has 0 heterocycles. The third-order valence-electron chi connectivity index (χ3n) is 3.97. The summed E-state index contributed by atoms with van der Waals surface area (Å²) >= 11 is 5.88. The standard InChI is InChI=1S/C13H22ClNO/c14-10-13(8-9-13)15-12(16)11-6-4-2-1-3-5-7-11/h11H,1-10H2,(H,15,16). The van der Waals surface area contributed by atoms with E-state index in [1.165, 1.54) is 32.1 Å². The molecule has 0 bridgehead atoms. The number of hydrogen-bond acceptors (Lipinski definition) is 1. The van der Waals surface area contributed by atoms with Gasteiger partial charge in [0.15, 0.2) is 0 Å². The molecule has 2 aliphatic rings. The van der Waals surface area contributed by atoms with Crippen LogP contribution in [-0.4, -0.2) is 17.3 Å². The molecule has 0 aromatic heterocycles. The molecule has 0 radical (unpaired) electrons. The molecule has 2 rings (SSSR count). The SMILES string of the molecule is O=C(NC1(CCl)CC1)C1CCCCCCC1. The molecule has 16 heavy (non-hydrogen) atoms. The van der Waals surface area contributed by atoms with Gasteiger partial charge in [-0.2, -0.15) is 0 Å². The Morgan fingerprint density at radius 2 is 1.69 bits per heavy atom. The molecular formula is C13H22ClNO. The van der Waals surface area contributed by atoms with Crippen molar-refractivity contribution in [1.82, 2.24) is 5.32 Å². The van der Waals surface area contributed by atoms with E-state index in [1.54, 1.807) is 0 Å². The van der Waals surface area contributed by atoms with Gasteiger partial charge in [-0.25, -0.2) is 0 Å². The van der Waals surface area contributed by atoms with Crippen LogP contribution >= 0.6 is 11.6 Å². The van der Waals surface area contributed by atoms with Gasteiger partial charge in [-0.15, -0.1) is 11.6 Å². The van der Waals surface area contributed by atoms with Crippen molar-refractivity contribution in [3.05, 3.63) is 0 Å². The minimum Gasteiger partial charge on any atom is -0.349 e. The molecule has 1 amide bonds. The number of nitrogens with one attached hydrogen (secondary N) is 1. The summed E-state index contributed by atoms with van der Waals surface area (Å²) in [4.78, 5) is 12.1. The van der Waals surface area contributed by atoms with Crippen LogP contribution in [0.25, 0.3) is 0 Å². The predicted octanol–water partition coefficient (Wildman–Crippen LogP) is 3.23. The first-order chi connectivity index (χ1) is 7.76. The summed E-state index contributed by atoms with van der Waals surface area (Å²) in [5.41, 5.74) is -0.0268. The average molecular weight is 244 g/mol. The maximum atomic E-state index is 12.1. The second-order valence-electron chi connectivity index (χ2n) is 5.45. The number of halogens is 1. The fourth-order valence-corrected chi connectivity index (χ4v) is 2.86. The Hall–Kier alpha value is -0.240. The van der Waals surface area contributed by atoms with E-state index in [9.17, 15) is 4.79 Å². The fourth-order valence-electron chi connectivity index (χ4n) is 2.52. The topological polar surface area (TPSA) is 29.1 Å². The van der Waals surface area contributed by atoms with Crippen LogP contribution in [0.2, 0.25) is 0 Å². The zero-order chi connectivity index (χ0) is 11.4. The van der Waals surface area contributed by atoms with Gasteiger partial charge in [0.05, 0.1) is 5.54 Å². The zero-order valence-electron chi connectivity index (χ0n) is 9.93. The van der Waals surface area contributed by atoms with Gasteiger partial charge in [0.2, 0.25) is 5.91 Å². The third-order valence-corrected chi connectivity index (χ3v) is 4.49. The lowest BCUT2D eigenvalue weighted by Gasteiger charge is -2.22. The Kier molecular flexibility index (Phi) is 4.12. The number of hydrogen-bond donors (Lipinski definition) is 1. The molecular weight excluding hydrogens is 222 g/mol. The van der Waals surface area contributed by atoms with E-state index in [-0.39, 0.29) is 17.4 Å². The maximum Gasteiger partial charge on any atom is 0.223 e. The van der Waals surface area contributed by atoms with Crippen LogP contribution in [0.1, 0.15) is 57.8 Å². The molecule has 2 saturated carbocycles. The second kappa shape index (κ2) is 5.39. The molecule has 0 aliphatic heterocycles. The predicted molar refractivity (Wildman–Crippen MR) is 66.6 cm³/mol. The number of carbonyl (C=O) groups is 1. The first kappa shape index (κ1) is 12.2. The smallest absolute Gasteiger partial charge is 0.223 e. The lowest BCUT2D eigenvalue weighted by Crippen LogP contribution is -2.42. The van der Waals surface area contributed by atoms with Crippen molar-refractivity contribution >= 4 is 17.5 Å². The number of amides is 1. The largest absolute Gasteiger partial charge is 0.349 e. The quantitative estimate of drug-likeness (QED) is 0.758. The van der Waals surface area contributed by atoms with E-state index >= 15 is 0 Å². The van der Waals surface area contributed by atoms with Gasteiger partial charge in [-0.05, 0) is 25.7 Å². The summed E-state index contributed by atoms with van der Waals surface area (Å²) < 4.78 is 0. The van der Waals surface area contributed by atoms with Crippen LogP contribution in [-0.2, 0) is 4.79 Å². The molecule has 1 N–H and O–H groups in total. The van der Waals surface area contributed by atoms with Gasteiger partial charge >= 0.3 is 0 Å². The molecule has 0 atom stereocenters. The molecule has 2 aliphatic carbocycles. The molecule has 0 aromatic carbocycles. The second-order valence-corrected chi connectivity index (χ2v) is 5.71. The molecule has 0 saturated heterocycles. The summed E-state index contributed by atoms with van der Waals surface area (Å²) in [6.45, 7) is 0. The summed E-state index contributed by atoms with van der Waals surface area (Å²) in [6.07, 6.45) is 10.6. The molecule has 0 unspecified atom stereocenters. The monoisotopic (exact) mass is 243 g/mol. The zero-order valence-corrected chi connectivity index (χ0v) is 10.7. The van der Waals surface area contributed by atoms with Crippen molar-refractivity contribution in [2.45, 2.75) is 63.3 Å². The van der Waals surface area contributed by atoms with Crippen molar-refractivity contribution in [1.29, 1.82) is 0 Å². The highest BCUT2D eigenvalue weighted by Crippen LogP contribution is 2.37. The Morgan fingerprint density at radius 1 is 1.12 bits per heavy atom. The van der Waals surface area contributed by atoms with Crippen molar-refractivity contribution in [2.24, 2.45) is 5.92 Å². The Bertz CT molecular complexity index is 242. The summed E-state index contributed by atoms with van der Waals surface area (Å²) in [5.74, 6) is 1.09. The van der Waals surface area contributed by atoms with Crippen LogP contribution in [0, 0.1) is 5.92 Å². The highest BCUT2D eigenvalue weighted by molar-refractivity contribution is 6.19. The molecule has 0 aromatic rings. The van der Waals surface area contributed by atoms with E-state index in [2.05, 4.69) is 5.32 Å². The summed E-state index contributed by atoms with van der Waals surface area (Å²) in [6, 6.07) is 0. The third kappa shape index (κ3) is 3.13. The number of rotatable bonds is 3. The van der Waals surface area contributed by atoms with E-state index < -0.39 is 0 Å². The Labute approximate surface area is 103 Å². The van der Waals surface area contributed by atoms with Crippen LogP contribution < -0.4 is 5.32 Å². The highest BCUT2D eigenvalue weighted by Gasteiger charge is 2.43. The van der Waals surface area contributed by atoms with Gasteiger partial charge in [-0.3, -0.25) is 4.79 Å². The van der Waals surface area contributed by atoms with Crippen LogP contribution in [0.5, 0.6) is 0 Å². The number of alkyl halides is 1. The normalized spacial score (nSPS) is 25.6. The first-order valence-corrected chi connectivity index (χ1v) is 7.17.